The normalized spacial score (nSPS) is 19.5. The Morgan fingerprint density at radius 1 is 1.42 bits per heavy atom. The number of aromatic nitrogens is 2. The van der Waals surface area contributed by atoms with Gasteiger partial charge < -0.3 is 4.90 Å². The van der Waals surface area contributed by atoms with Gasteiger partial charge in [-0.25, -0.2) is 9.97 Å². The number of carbonyl (C=O) groups is 2. The molecule has 1 amide bonds. The average Bonchev–Trinajstić information content (AvgIpc) is 2.62. The van der Waals surface area contributed by atoms with E-state index in [1.54, 1.807) is 19.9 Å². The number of hydrogen-bond donors (Lipinski definition) is 0. The van der Waals surface area contributed by atoms with Crippen LogP contribution in [0.15, 0.2) is 30.1 Å². The van der Waals surface area contributed by atoms with Crippen molar-refractivity contribution in [3.63, 3.8) is 0 Å². The number of nitrogens with zero attached hydrogens (tertiary/aromatic N) is 4. The number of ketones is 1. The third kappa shape index (κ3) is 3.93. The minimum absolute atomic E-state index is 0.0609. The van der Waals surface area contributed by atoms with E-state index in [0.717, 1.165) is 17.3 Å². The molecule has 26 heavy (non-hydrogen) atoms. The predicted octanol–water partition coefficient (Wildman–Crippen LogP) is 2.48. The maximum Gasteiger partial charge on any atom is 0.383 e. The fourth-order valence-electron chi connectivity index (χ4n) is 3.01. The summed E-state index contributed by atoms with van der Waals surface area (Å²) in [7, 11) is 1.28. The molecule has 6 nitrogen and oxygen atoms in total. The van der Waals surface area contributed by atoms with Crippen molar-refractivity contribution in [3.05, 3.63) is 35.9 Å². The Labute approximate surface area is 150 Å². The van der Waals surface area contributed by atoms with Crippen molar-refractivity contribution in [2.24, 2.45) is 11.3 Å². The van der Waals surface area contributed by atoms with Crippen molar-refractivity contribution in [2.75, 3.05) is 13.6 Å². The highest BCUT2D eigenvalue weighted by atomic mass is 19.3. The number of likely N-dealkylation sites (N-methyl/N-ethyl adjacent to an activating group) is 1. The van der Waals surface area contributed by atoms with E-state index in [1.165, 1.54) is 13.1 Å². The number of rotatable bonds is 5. The van der Waals surface area contributed by atoms with Crippen LogP contribution in [0.5, 0.6) is 0 Å². The lowest BCUT2D eigenvalue weighted by atomic mass is 9.71. The highest BCUT2D eigenvalue weighted by Gasteiger charge is 2.46. The average molecular weight is 362 g/mol. The van der Waals surface area contributed by atoms with E-state index in [-0.39, 0.29) is 23.8 Å². The first-order valence-electron chi connectivity index (χ1n) is 8.17. The minimum atomic E-state index is -3.81. The molecular formula is C18H20F2N4O2. The maximum absolute atomic E-state index is 14.2. The lowest BCUT2D eigenvalue weighted by molar-refractivity contribution is -0.159. The van der Waals surface area contributed by atoms with Crippen molar-refractivity contribution in [1.82, 2.24) is 14.9 Å². The van der Waals surface area contributed by atoms with Gasteiger partial charge in [0.2, 0.25) is 5.82 Å². The zero-order valence-corrected chi connectivity index (χ0v) is 14.9. The first kappa shape index (κ1) is 19.6. The van der Waals surface area contributed by atoms with Crippen molar-refractivity contribution < 1.29 is 18.4 Å². The SMILES string of the molecule is CN(CCC1C=C(C#N)C(=O)C(C)(C)C1)C(=O)C(F)(F)c1ncccn1. The van der Waals surface area contributed by atoms with Gasteiger partial charge in [-0.1, -0.05) is 19.9 Å². The number of halogens is 2. The van der Waals surface area contributed by atoms with Gasteiger partial charge in [-0.05, 0) is 24.8 Å². The van der Waals surface area contributed by atoms with Crippen LogP contribution in [0.25, 0.3) is 0 Å². The molecule has 0 radical (unpaired) electrons. The van der Waals surface area contributed by atoms with E-state index in [2.05, 4.69) is 9.97 Å². The molecule has 1 aromatic rings. The molecule has 0 N–H and O–H groups in total. The van der Waals surface area contributed by atoms with E-state index in [0.29, 0.717) is 12.8 Å². The third-order valence-electron chi connectivity index (χ3n) is 4.45. The van der Waals surface area contributed by atoms with Crippen molar-refractivity contribution >= 4 is 11.7 Å². The van der Waals surface area contributed by atoms with Gasteiger partial charge in [0.15, 0.2) is 5.78 Å². The Hall–Kier alpha value is -2.69. The summed E-state index contributed by atoms with van der Waals surface area (Å²) in [6, 6.07) is 3.28. The topological polar surface area (TPSA) is 87.0 Å². The fraction of sp³-hybridized carbons (Fsp3) is 0.500. The summed E-state index contributed by atoms with van der Waals surface area (Å²) in [5.74, 6) is -6.40. The van der Waals surface area contributed by atoms with Gasteiger partial charge in [0, 0.05) is 31.4 Å². The molecule has 1 atom stereocenters. The molecule has 138 valence electrons. The molecule has 0 spiro atoms. The maximum atomic E-state index is 14.2. The van der Waals surface area contributed by atoms with Crippen LogP contribution in [0.3, 0.4) is 0 Å². The molecule has 8 heteroatoms. The van der Waals surface area contributed by atoms with Crippen molar-refractivity contribution in [2.45, 2.75) is 32.6 Å². The number of alkyl halides is 2. The highest BCUT2D eigenvalue weighted by Crippen LogP contribution is 2.36. The summed E-state index contributed by atoms with van der Waals surface area (Å²) >= 11 is 0. The monoisotopic (exact) mass is 362 g/mol. The van der Waals surface area contributed by atoms with E-state index in [4.69, 9.17) is 5.26 Å². The molecule has 0 bridgehead atoms. The minimum Gasteiger partial charge on any atom is -0.340 e. The summed E-state index contributed by atoms with van der Waals surface area (Å²) in [5.41, 5.74) is -0.599. The van der Waals surface area contributed by atoms with Gasteiger partial charge in [0.1, 0.15) is 6.07 Å². The summed E-state index contributed by atoms with van der Waals surface area (Å²) in [6.45, 7) is 3.57. The molecule has 1 aliphatic rings. The second-order valence-corrected chi connectivity index (χ2v) is 7.03. The highest BCUT2D eigenvalue weighted by molar-refractivity contribution is 6.03. The molecule has 0 saturated heterocycles. The van der Waals surface area contributed by atoms with E-state index in [1.807, 2.05) is 6.07 Å². The number of hydrogen-bond acceptors (Lipinski definition) is 5. The largest absolute Gasteiger partial charge is 0.383 e. The zero-order valence-electron chi connectivity index (χ0n) is 14.9. The number of nitriles is 1. The smallest absolute Gasteiger partial charge is 0.340 e. The van der Waals surface area contributed by atoms with Gasteiger partial charge in [-0.3, -0.25) is 9.59 Å². The fourth-order valence-corrected chi connectivity index (χ4v) is 3.01. The first-order valence-corrected chi connectivity index (χ1v) is 8.17. The number of Topliss-reactive ketones (excluding diaryl/α,β-unsaturated/α-hetero) is 1. The molecule has 1 heterocycles. The van der Waals surface area contributed by atoms with Crippen LogP contribution in [-0.4, -0.2) is 40.2 Å². The van der Waals surface area contributed by atoms with Crippen LogP contribution in [0.2, 0.25) is 0 Å². The quantitative estimate of drug-likeness (QED) is 0.803. The Morgan fingerprint density at radius 3 is 2.62 bits per heavy atom. The Bertz CT molecular complexity index is 769. The van der Waals surface area contributed by atoms with E-state index >= 15 is 0 Å². The Kier molecular flexibility index (Phi) is 5.50. The summed E-state index contributed by atoms with van der Waals surface area (Å²) < 4.78 is 28.5. The van der Waals surface area contributed by atoms with Crippen LogP contribution < -0.4 is 0 Å². The van der Waals surface area contributed by atoms with E-state index in [9.17, 15) is 18.4 Å². The molecule has 1 aromatic heterocycles. The molecule has 0 fully saturated rings. The van der Waals surface area contributed by atoms with Crippen LogP contribution >= 0.6 is 0 Å². The molecule has 0 saturated carbocycles. The first-order chi connectivity index (χ1) is 12.1. The van der Waals surface area contributed by atoms with Gasteiger partial charge in [0.25, 0.3) is 0 Å². The van der Waals surface area contributed by atoms with Gasteiger partial charge in [-0.15, -0.1) is 0 Å². The summed E-state index contributed by atoms with van der Waals surface area (Å²) in [4.78, 5) is 32.1. The van der Waals surface area contributed by atoms with Crippen LogP contribution in [0.1, 0.15) is 32.5 Å². The summed E-state index contributed by atoms with van der Waals surface area (Å²) in [6.07, 6.45) is 4.75. The van der Waals surface area contributed by atoms with Gasteiger partial charge >= 0.3 is 11.8 Å². The van der Waals surface area contributed by atoms with Crippen molar-refractivity contribution in [1.29, 1.82) is 5.26 Å². The van der Waals surface area contributed by atoms with Crippen LogP contribution in [0, 0.1) is 22.7 Å². The standard InChI is InChI=1S/C18H20F2N4O2/c1-17(2)10-12(9-13(11-21)14(17)25)5-8-24(3)16(26)18(19,20)15-22-6-4-7-23-15/h4,6-7,9,12H,5,8,10H2,1-3H3. The summed E-state index contributed by atoms with van der Waals surface area (Å²) in [5, 5.41) is 9.09. The molecular weight excluding hydrogens is 342 g/mol. The molecule has 0 aliphatic heterocycles. The molecule has 1 unspecified atom stereocenters. The third-order valence-corrected chi connectivity index (χ3v) is 4.45. The number of carbonyl (C=O) groups excluding carboxylic acids is 2. The van der Waals surface area contributed by atoms with Crippen LogP contribution in [0.4, 0.5) is 8.78 Å². The second-order valence-electron chi connectivity index (χ2n) is 7.03. The number of allylic oxidation sites excluding steroid dienone is 2. The molecule has 0 aromatic carbocycles. The number of amides is 1. The molecule has 2 rings (SSSR count). The lowest BCUT2D eigenvalue weighted by Gasteiger charge is -2.32. The van der Waals surface area contributed by atoms with Gasteiger partial charge in [-0.2, -0.15) is 14.0 Å². The molecule has 1 aliphatic carbocycles. The van der Waals surface area contributed by atoms with Crippen molar-refractivity contribution in [3.8, 4) is 6.07 Å². The van der Waals surface area contributed by atoms with Crippen LogP contribution in [-0.2, 0) is 15.5 Å². The Morgan fingerprint density at radius 2 is 2.04 bits per heavy atom. The van der Waals surface area contributed by atoms with Gasteiger partial charge in [0.05, 0.1) is 5.57 Å². The zero-order chi connectivity index (χ0) is 19.5. The lowest BCUT2D eigenvalue weighted by Crippen LogP contribution is -2.42. The Balaban J connectivity index is 2.05. The van der Waals surface area contributed by atoms with E-state index < -0.39 is 23.1 Å². The predicted molar refractivity (Wildman–Crippen MR) is 88.8 cm³/mol. The second kappa shape index (κ2) is 7.28.